The molecule has 19 heavy (non-hydrogen) atoms. The van der Waals surface area contributed by atoms with Crippen molar-refractivity contribution >= 4 is 10.9 Å². The van der Waals surface area contributed by atoms with E-state index in [1.165, 1.54) is 0 Å². The second-order valence-corrected chi connectivity index (χ2v) is 5.51. The van der Waals surface area contributed by atoms with Crippen LogP contribution < -0.4 is 5.32 Å². The Kier molecular flexibility index (Phi) is 3.25. The fourth-order valence-corrected chi connectivity index (χ4v) is 3.04. The summed E-state index contributed by atoms with van der Waals surface area (Å²) in [5.41, 5.74) is 1.35. The molecule has 0 unspecified atom stereocenters. The molecule has 1 heterocycles. The van der Waals surface area contributed by atoms with Crippen LogP contribution in [0.4, 0.5) is 0 Å². The molecule has 1 aliphatic rings. The third-order valence-electron chi connectivity index (χ3n) is 4.36. The zero-order chi connectivity index (χ0) is 13.3. The van der Waals surface area contributed by atoms with E-state index in [1.54, 1.807) is 6.20 Å². The molecule has 1 aliphatic carbocycles. The van der Waals surface area contributed by atoms with E-state index in [0.29, 0.717) is 6.04 Å². The average molecular weight is 256 g/mol. The topological polar surface area (TPSA) is 45.1 Å². The molecule has 3 rings (SSSR count). The fourth-order valence-electron chi connectivity index (χ4n) is 3.04. The van der Waals surface area contributed by atoms with Crippen molar-refractivity contribution in [3.05, 3.63) is 42.1 Å². The van der Waals surface area contributed by atoms with Crippen LogP contribution in [0.2, 0.25) is 0 Å². The first-order chi connectivity index (χ1) is 9.21. The SMILES string of the molecule is CNC1CCC(O)(c2ccc3ncccc3c2)CC1. The Bertz CT molecular complexity index is 574. The summed E-state index contributed by atoms with van der Waals surface area (Å²) >= 11 is 0. The molecule has 1 aromatic heterocycles. The molecule has 100 valence electrons. The summed E-state index contributed by atoms with van der Waals surface area (Å²) in [5, 5.41) is 15.3. The van der Waals surface area contributed by atoms with Crippen molar-refractivity contribution in [3.63, 3.8) is 0 Å². The second-order valence-electron chi connectivity index (χ2n) is 5.51. The van der Waals surface area contributed by atoms with Gasteiger partial charge in [0.1, 0.15) is 0 Å². The van der Waals surface area contributed by atoms with Gasteiger partial charge in [-0.3, -0.25) is 4.98 Å². The van der Waals surface area contributed by atoms with Gasteiger partial charge in [0.15, 0.2) is 0 Å². The number of fused-ring (bicyclic) bond motifs is 1. The molecule has 1 saturated carbocycles. The van der Waals surface area contributed by atoms with Crippen LogP contribution in [0.25, 0.3) is 10.9 Å². The van der Waals surface area contributed by atoms with Crippen molar-refractivity contribution in [2.24, 2.45) is 0 Å². The first kappa shape index (κ1) is 12.6. The zero-order valence-electron chi connectivity index (χ0n) is 11.3. The summed E-state index contributed by atoms with van der Waals surface area (Å²) in [6.07, 6.45) is 5.50. The van der Waals surface area contributed by atoms with Gasteiger partial charge in [-0.15, -0.1) is 0 Å². The van der Waals surface area contributed by atoms with Crippen molar-refractivity contribution in [3.8, 4) is 0 Å². The first-order valence-corrected chi connectivity index (χ1v) is 6.96. The molecular formula is C16H20N2O. The van der Waals surface area contributed by atoms with Gasteiger partial charge in [-0.2, -0.15) is 0 Å². The van der Waals surface area contributed by atoms with Crippen LogP contribution in [0.1, 0.15) is 31.2 Å². The number of nitrogens with one attached hydrogen (secondary N) is 1. The lowest BCUT2D eigenvalue weighted by Gasteiger charge is -2.36. The summed E-state index contributed by atoms with van der Waals surface area (Å²) < 4.78 is 0. The standard InChI is InChI=1S/C16H20N2O/c1-17-14-6-8-16(19,9-7-14)13-4-5-15-12(11-13)3-2-10-18-15/h2-5,10-11,14,17,19H,6-9H2,1H3. The van der Waals surface area contributed by atoms with E-state index in [-0.39, 0.29) is 0 Å². The van der Waals surface area contributed by atoms with E-state index in [2.05, 4.69) is 22.4 Å². The Morgan fingerprint density at radius 3 is 2.79 bits per heavy atom. The lowest BCUT2D eigenvalue weighted by molar-refractivity contribution is -0.00751. The van der Waals surface area contributed by atoms with E-state index in [9.17, 15) is 5.11 Å². The van der Waals surface area contributed by atoms with Crippen LogP contribution in [0.15, 0.2) is 36.5 Å². The van der Waals surface area contributed by atoms with E-state index < -0.39 is 5.60 Å². The van der Waals surface area contributed by atoms with Gasteiger partial charge < -0.3 is 10.4 Å². The van der Waals surface area contributed by atoms with Crippen LogP contribution in [0.5, 0.6) is 0 Å². The molecule has 3 heteroatoms. The highest BCUT2D eigenvalue weighted by Gasteiger charge is 2.34. The largest absolute Gasteiger partial charge is 0.385 e. The van der Waals surface area contributed by atoms with Gasteiger partial charge >= 0.3 is 0 Å². The van der Waals surface area contributed by atoms with E-state index in [0.717, 1.165) is 42.1 Å². The number of hydrogen-bond donors (Lipinski definition) is 2. The van der Waals surface area contributed by atoms with Gasteiger partial charge in [-0.1, -0.05) is 12.1 Å². The molecular weight excluding hydrogens is 236 g/mol. The highest BCUT2D eigenvalue weighted by Crippen LogP contribution is 2.37. The minimum atomic E-state index is -0.669. The molecule has 0 aliphatic heterocycles. The van der Waals surface area contributed by atoms with E-state index in [4.69, 9.17) is 0 Å². The average Bonchev–Trinajstić information content (AvgIpc) is 2.47. The summed E-state index contributed by atoms with van der Waals surface area (Å²) in [5.74, 6) is 0. The molecule has 0 atom stereocenters. The van der Waals surface area contributed by atoms with Crippen molar-refractivity contribution in [1.82, 2.24) is 10.3 Å². The number of aromatic nitrogens is 1. The molecule has 0 bridgehead atoms. The number of hydrogen-bond acceptors (Lipinski definition) is 3. The van der Waals surface area contributed by atoms with Crippen molar-refractivity contribution < 1.29 is 5.11 Å². The fraction of sp³-hybridized carbons (Fsp3) is 0.438. The van der Waals surface area contributed by atoms with Crippen molar-refractivity contribution in [2.75, 3.05) is 7.05 Å². The molecule has 0 amide bonds. The maximum Gasteiger partial charge on any atom is 0.0898 e. The number of pyridine rings is 1. The minimum absolute atomic E-state index is 0.544. The smallest absolute Gasteiger partial charge is 0.0898 e. The zero-order valence-corrected chi connectivity index (χ0v) is 11.3. The predicted molar refractivity (Wildman–Crippen MR) is 77.0 cm³/mol. The van der Waals surface area contributed by atoms with Crippen LogP contribution in [0, 0.1) is 0 Å². The van der Waals surface area contributed by atoms with Crippen LogP contribution in [-0.4, -0.2) is 23.2 Å². The number of nitrogens with zero attached hydrogens (tertiary/aromatic N) is 1. The maximum absolute atomic E-state index is 10.9. The maximum atomic E-state index is 10.9. The van der Waals surface area contributed by atoms with Crippen molar-refractivity contribution in [2.45, 2.75) is 37.3 Å². The molecule has 0 spiro atoms. The van der Waals surface area contributed by atoms with Gasteiger partial charge in [0.05, 0.1) is 11.1 Å². The Morgan fingerprint density at radius 2 is 2.05 bits per heavy atom. The summed E-state index contributed by atoms with van der Waals surface area (Å²) in [6, 6.07) is 10.6. The molecule has 3 nitrogen and oxygen atoms in total. The van der Waals surface area contributed by atoms with Gasteiger partial charge in [0, 0.05) is 17.6 Å². The molecule has 1 fully saturated rings. The Labute approximate surface area is 113 Å². The monoisotopic (exact) mass is 256 g/mol. The third kappa shape index (κ3) is 2.36. The third-order valence-corrected chi connectivity index (χ3v) is 4.36. The summed E-state index contributed by atoms with van der Waals surface area (Å²) in [4.78, 5) is 4.32. The molecule has 0 radical (unpaired) electrons. The lowest BCUT2D eigenvalue weighted by atomic mass is 9.77. The van der Waals surface area contributed by atoms with Gasteiger partial charge in [-0.05, 0) is 56.5 Å². The van der Waals surface area contributed by atoms with Gasteiger partial charge in [0.2, 0.25) is 0 Å². The highest BCUT2D eigenvalue weighted by atomic mass is 16.3. The number of benzene rings is 1. The van der Waals surface area contributed by atoms with Gasteiger partial charge in [-0.25, -0.2) is 0 Å². The van der Waals surface area contributed by atoms with E-state index in [1.807, 2.05) is 25.2 Å². The van der Waals surface area contributed by atoms with Crippen LogP contribution in [-0.2, 0) is 5.60 Å². The van der Waals surface area contributed by atoms with Crippen LogP contribution in [0.3, 0.4) is 0 Å². The van der Waals surface area contributed by atoms with Gasteiger partial charge in [0.25, 0.3) is 0 Å². The Balaban J connectivity index is 1.91. The minimum Gasteiger partial charge on any atom is -0.385 e. The van der Waals surface area contributed by atoms with Crippen molar-refractivity contribution in [1.29, 1.82) is 0 Å². The molecule has 2 N–H and O–H groups in total. The molecule has 1 aromatic carbocycles. The number of rotatable bonds is 2. The Morgan fingerprint density at radius 1 is 1.26 bits per heavy atom. The predicted octanol–water partition coefficient (Wildman–Crippen LogP) is 2.58. The molecule has 2 aromatic rings. The second kappa shape index (κ2) is 4.91. The summed E-state index contributed by atoms with van der Waals surface area (Å²) in [6.45, 7) is 0. The normalized spacial score (nSPS) is 27.6. The lowest BCUT2D eigenvalue weighted by Crippen LogP contribution is -2.38. The highest BCUT2D eigenvalue weighted by molar-refractivity contribution is 5.79. The van der Waals surface area contributed by atoms with Crippen LogP contribution >= 0.6 is 0 Å². The Hall–Kier alpha value is -1.45. The molecule has 0 saturated heterocycles. The van der Waals surface area contributed by atoms with E-state index >= 15 is 0 Å². The summed E-state index contributed by atoms with van der Waals surface area (Å²) in [7, 11) is 2.00. The first-order valence-electron chi connectivity index (χ1n) is 6.96. The quantitative estimate of drug-likeness (QED) is 0.868. The number of aliphatic hydroxyl groups is 1.